The minimum absolute atomic E-state index is 0.00832. The second-order valence-corrected chi connectivity index (χ2v) is 5.32. The van der Waals surface area contributed by atoms with E-state index in [1.54, 1.807) is 0 Å². The molecule has 0 saturated carbocycles. The fourth-order valence-corrected chi connectivity index (χ4v) is 2.50. The minimum atomic E-state index is -4.75. The summed E-state index contributed by atoms with van der Waals surface area (Å²) < 4.78 is 68.4. The first-order chi connectivity index (χ1) is 11.3. The third kappa shape index (κ3) is 3.08. The van der Waals surface area contributed by atoms with E-state index in [0.29, 0.717) is 6.42 Å². The number of amides is 1. The highest BCUT2D eigenvalue weighted by molar-refractivity contribution is 5.94. The predicted molar refractivity (Wildman–Crippen MR) is 68.9 cm³/mol. The quantitative estimate of drug-likeness (QED) is 0.784. The van der Waals surface area contributed by atoms with E-state index in [9.17, 15) is 26.7 Å². The number of carbonyl (C=O) groups is 1. The smallest absolute Gasteiger partial charge is 0.338 e. The van der Waals surface area contributed by atoms with Crippen LogP contribution in [0.4, 0.5) is 22.0 Å². The molecular weight excluding hydrogens is 337 g/mol. The largest absolute Gasteiger partial charge is 0.471 e. The summed E-state index contributed by atoms with van der Waals surface area (Å²) in [5.74, 6) is -4.57. The van der Waals surface area contributed by atoms with Gasteiger partial charge in [0.2, 0.25) is 0 Å². The highest BCUT2D eigenvalue weighted by Crippen LogP contribution is 2.31. The Morgan fingerprint density at radius 2 is 2.04 bits per heavy atom. The molecule has 1 atom stereocenters. The zero-order valence-corrected chi connectivity index (χ0v) is 12.0. The molecule has 128 valence electrons. The number of hydrogen-bond donors (Lipinski definition) is 0. The Morgan fingerprint density at radius 3 is 2.71 bits per heavy atom. The zero-order chi connectivity index (χ0) is 17.5. The van der Waals surface area contributed by atoms with Gasteiger partial charge in [0.25, 0.3) is 5.91 Å². The molecule has 0 aliphatic carbocycles. The zero-order valence-electron chi connectivity index (χ0n) is 12.0. The van der Waals surface area contributed by atoms with Gasteiger partial charge in [-0.15, -0.1) is 0 Å². The summed E-state index contributed by atoms with van der Waals surface area (Å²) in [6, 6.07) is 2.50. The maximum atomic E-state index is 13.6. The van der Waals surface area contributed by atoms with Crippen molar-refractivity contribution in [3.8, 4) is 0 Å². The number of rotatable bonds is 2. The Bertz CT molecular complexity index is 774. The van der Waals surface area contributed by atoms with E-state index < -0.39 is 41.1 Å². The Labute approximate surface area is 132 Å². The van der Waals surface area contributed by atoms with Gasteiger partial charge in [0.1, 0.15) is 11.6 Å². The van der Waals surface area contributed by atoms with Crippen LogP contribution in [0.2, 0.25) is 0 Å². The average Bonchev–Trinajstić information content (AvgIpc) is 3.16. The van der Waals surface area contributed by atoms with Gasteiger partial charge in [-0.2, -0.15) is 18.2 Å². The Balaban J connectivity index is 1.74. The first-order valence-electron chi connectivity index (χ1n) is 6.91. The SMILES string of the molecule is O=C(c1cc(F)ccc1F)N1CCC(c2noc(C(F)(F)F)n2)C1. The second kappa shape index (κ2) is 5.84. The van der Waals surface area contributed by atoms with E-state index in [1.807, 2.05) is 0 Å². The molecule has 1 aliphatic heterocycles. The number of hydrogen-bond acceptors (Lipinski definition) is 4. The number of benzene rings is 1. The fourth-order valence-electron chi connectivity index (χ4n) is 2.50. The van der Waals surface area contributed by atoms with Crippen LogP contribution in [0.5, 0.6) is 0 Å². The van der Waals surface area contributed by atoms with Crippen LogP contribution in [0.3, 0.4) is 0 Å². The molecule has 1 unspecified atom stereocenters. The van der Waals surface area contributed by atoms with Crippen molar-refractivity contribution in [1.29, 1.82) is 0 Å². The number of aromatic nitrogens is 2. The van der Waals surface area contributed by atoms with Crippen molar-refractivity contribution in [2.24, 2.45) is 0 Å². The fraction of sp³-hybridized carbons (Fsp3) is 0.357. The summed E-state index contributed by atoms with van der Waals surface area (Å²) in [6.07, 6.45) is -4.45. The van der Waals surface area contributed by atoms with E-state index >= 15 is 0 Å². The van der Waals surface area contributed by atoms with Crippen molar-refractivity contribution in [3.05, 3.63) is 47.1 Å². The molecule has 5 nitrogen and oxygen atoms in total. The van der Waals surface area contributed by atoms with Crippen LogP contribution in [0, 0.1) is 11.6 Å². The van der Waals surface area contributed by atoms with Crippen molar-refractivity contribution in [2.75, 3.05) is 13.1 Å². The van der Waals surface area contributed by atoms with Crippen molar-refractivity contribution in [1.82, 2.24) is 15.0 Å². The van der Waals surface area contributed by atoms with Crippen LogP contribution < -0.4 is 0 Å². The number of likely N-dealkylation sites (tertiary alicyclic amines) is 1. The molecule has 1 amide bonds. The molecule has 0 bridgehead atoms. The standard InChI is InChI=1S/C14H10F5N3O2/c15-8-1-2-10(16)9(5-8)12(23)22-4-3-7(6-22)11-20-13(24-21-11)14(17,18)19/h1-2,5,7H,3-4,6H2. The molecule has 10 heteroatoms. The van der Waals surface area contributed by atoms with Crippen molar-refractivity contribution >= 4 is 5.91 Å². The van der Waals surface area contributed by atoms with Gasteiger partial charge in [-0.3, -0.25) is 4.79 Å². The van der Waals surface area contributed by atoms with Crippen LogP contribution in [0.25, 0.3) is 0 Å². The normalized spacial score (nSPS) is 18.2. The molecule has 3 rings (SSSR count). The van der Waals surface area contributed by atoms with Gasteiger partial charge in [-0.25, -0.2) is 8.78 Å². The maximum Gasteiger partial charge on any atom is 0.471 e. The third-order valence-electron chi connectivity index (χ3n) is 3.68. The molecule has 2 heterocycles. The lowest BCUT2D eigenvalue weighted by Crippen LogP contribution is -2.29. The maximum absolute atomic E-state index is 13.6. The summed E-state index contributed by atoms with van der Waals surface area (Å²) in [5, 5.41) is 3.28. The van der Waals surface area contributed by atoms with E-state index in [0.717, 1.165) is 18.2 Å². The lowest BCUT2D eigenvalue weighted by Gasteiger charge is -2.16. The predicted octanol–water partition coefficient (Wildman–Crippen LogP) is 3.00. The van der Waals surface area contributed by atoms with Gasteiger partial charge >= 0.3 is 12.1 Å². The van der Waals surface area contributed by atoms with Crippen LogP contribution in [0.1, 0.15) is 34.4 Å². The van der Waals surface area contributed by atoms with E-state index in [-0.39, 0.29) is 18.9 Å². The minimum Gasteiger partial charge on any atom is -0.338 e. The Hall–Kier alpha value is -2.52. The summed E-state index contributed by atoms with van der Waals surface area (Å²) in [6.45, 7) is 0.154. The number of nitrogens with zero attached hydrogens (tertiary/aromatic N) is 3. The molecule has 1 aromatic carbocycles. The molecule has 0 radical (unpaired) electrons. The van der Waals surface area contributed by atoms with E-state index in [2.05, 4.69) is 14.7 Å². The number of carbonyl (C=O) groups excluding carboxylic acids is 1. The molecule has 0 spiro atoms. The molecule has 2 aromatic rings. The highest BCUT2D eigenvalue weighted by Gasteiger charge is 2.40. The molecule has 1 fully saturated rings. The molecular formula is C14H10F5N3O2. The topological polar surface area (TPSA) is 59.2 Å². The van der Waals surface area contributed by atoms with Crippen LogP contribution in [-0.2, 0) is 6.18 Å². The van der Waals surface area contributed by atoms with Crippen molar-refractivity contribution in [3.63, 3.8) is 0 Å². The van der Waals surface area contributed by atoms with Gasteiger partial charge in [-0.05, 0) is 24.6 Å². The van der Waals surface area contributed by atoms with Crippen LogP contribution >= 0.6 is 0 Å². The van der Waals surface area contributed by atoms with Gasteiger partial charge in [0.05, 0.1) is 5.56 Å². The molecule has 0 N–H and O–H groups in total. The van der Waals surface area contributed by atoms with Gasteiger partial charge < -0.3 is 9.42 Å². The summed E-state index contributed by atoms with van der Waals surface area (Å²) in [4.78, 5) is 16.7. The highest BCUT2D eigenvalue weighted by atomic mass is 19.4. The van der Waals surface area contributed by atoms with Gasteiger partial charge in [0, 0.05) is 19.0 Å². The van der Waals surface area contributed by atoms with E-state index in [4.69, 9.17) is 0 Å². The molecule has 1 saturated heterocycles. The van der Waals surface area contributed by atoms with Crippen LogP contribution in [0.15, 0.2) is 22.7 Å². The second-order valence-electron chi connectivity index (χ2n) is 5.32. The third-order valence-corrected chi connectivity index (χ3v) is 3.68. The summed E-state index contributed by atoms with van der Waals surface area (Å²) >= 11 is 0. The van der Waals surface area contributed by atoms with Gasteiger partial charge in [-0.1, -0.05) is 5.16 Å². The average molecular weight is 347 g/mol. The first-order valence-corrected chi connectivity index (χ1v) is 6.91. The lowest BCUT2D eigenvalue weighted by molar-refractivity contribution is -0.159. The summed E-state index contributed by atoms with van der Waals surface area (Å²) in [7, 11) is 0. The van der Waals surface area contributed by atoms with Gasteiger partial charge in [0.15, 0.2) is 5.82 Å². The Morgan fingerprint density at radius 1 is 1.29 bits per heavy atom. The molecule has 24 heavy (non-hydrogen) atoms. The van der Waals surface area contributed by atoms with Crippen molar-refractivity contribution < 1.29 is 31.3 Å². The monoisotopic (exact) mass is 347 g/mol. The summed E-state index contributed by atoms with van der Waals surface area (Å²) in [5.41, 5.74) is -0.431. The molecule has 1 aromatic heterocycles. The van der Waals surface area contributed by atoms with Crippen molar-refractivity contribution in [2.45, 2.75) is 18.5 Å². The van der Waals surface area contributed by atoms with Crippen LogP contribution in [-0.4, -0.2) is 34.0 Å². The molecule has 1 aliphatic rings. The lowest BCUT2D eigenvalue weighted by atomic mass is 10.1. The first kappa shape index (κ1) is 16.3. The Kier molecular flexibility index (Phi) is 3.98. The number of halogens is 5. The van der Waals surface area contributed by atoms with E-state index in [1.165, 1.54) is 4.90 Å². The number of alkyl halides is 3.